The highest BCUT2D eigenvalue weighted by atomic mass is 35.5. The second kappa shape index (κ2) is 12.7. The molecule has 0 saturated carbocycles. The molecule has 1 atom stereocenters. The number of hydrogen-bond donors (Lipinski definition) is 1. The molecule has 1 unspecified atom stereocenters. The number of amides is 1. The number of carbonyl (C=O) groups is 2. The highest BCUT2D eigenvalue weighted by molar-refractivity contribution is 7.99. The minimum atomic E-state index is -0.483. The van der Waals surface area contributed by atoms with Gasteiger partial charge in [-0.25, -0.2) is 4.79 Å². The van der Waals surface area contributed by atoms with Gasteiger partial charge in [0.2, 0.25) is 5.91 Å². The molecular formula is C26H24Cl2N4O4S2. The molecule has 0 radical (unpaired) electrons. The van der Waals surface area contributed by atoms with Gasteiger partial charge in [0, 0.05) is 23.0 Å². The van der Waals surface area contributed by atoms with E-state index in [9.17, 15) is 9.59 Å². The molecule has 2 heterocycles. The molecule has 1 amide bonds. The lowest BCUT2D eigenvalue weighted by molar-refractivity contribution is -0.113. The molecular weight excluding hydrogens is 567 g/mol. The molecule has 0 fully saturated rings. The van der Waals surface area contributed by atoms with Crippen LogP contribution in [0.5, 0.6) is 5.75 Å². The monoisotopic (exact) mass is 590 g/mol. The Bertz CT molecular complexity index is 1440. The quantitative estimate of drug-likeness (QED) is 0.158. The fourth-order valence-electron chi connectivity index (χ4n) is 3.60. The smallest absolute Gasteiger partial charge is 0.341 e. The summed E-state index contributed by atoms with van der Waals surface area (Å²) in [6.45, 7) is 3.80. The summed E-state index contributed by atoms with van der Waals surface area (Å²) in [5.74, 6) is 0.329. The summed E-state index contributed by atoms with van der Waals surface area (Å²) in [5.41, 5.74) is 1.92. The van der Waals surface area contributed by atoms with Crippen molar-refractivity contribution in [2.45, 2.75) is 25.1 Å². The molecule has 4 aromatic rings. The normalized spacial score (nSPS) is 11.7. The van der Waals surface area contributed by atoms with Crippen molar-refractivity contribution in [2.24, 2.45) is 7.05 Å². The average Bonchev–Trinajstić information content (AvgIpc) is 3.48. The van der Waals surface area contributed by atoms with Crippen molar-refractivity contribution in [1.29, 1.82) is 0 Å². The molecule has 8 nitrogen and oxygen atoms in total. The summed E-state index contributed by atoms with van der Waals surface area (Å²) < 4.78 is 13.0. The van der Waals surface area contributed by atoms with Gasteiger partial charge >= 0.3 is 5.97 Å². The third kappa shape index (κ3) is 6.50. The van der Waals surface area contributed by atoms with Gasteiger partial charge in [0.05, 0.1) is 17.4 Å². The van der Waals surface area contributed by atoms with Gasteiger partial charge in [0.15, 0.2) is 17.1 Å². The van der Waals surface area contributed by atoms with Crippen LogP contribution >= 0.6 is 46.3 Å². The van der Waals surface area contributed by atoms with Crippen molar-refractivity contribution in [1.82, 2.24) is 14.8 Å². The predicted octanol–water partition coefficient (Wildman–Crippen LogP) is 6.90. The lowest BCUT2D eigenvalue weighted by Gasteiger charge is -2.15. The third-order valence-corrected chi connectivity index (χ3v) is 7.82. The number of nitrogens with one attached hydrogen (secondary N) is 1. The molecule has 2 aromatic carbocycles. The summed E-state index contributed by atoms with van der Waals surface area (Å²) in [6.07, 6.45) is -0.455. The van der Waals surface area contributed by atoms with Crippen LogP contribution in [0.1, 0.15) is 36.1 Å². The Balaban J connectivity index is 1.43. The van der Waals surface area contributed by atoms with Crippen LogP contribution < -0.4 is 10.1 Å². The van der Waals surface area contributed by atoms with E-state index in [1.807, 2.05) is 42.6 Å². The van der Waals surface area contributed by atoms with Crippen LogP contribution in [0.15, 0.2) is 59.1 Å². The molecule has 0 aliphatic rings. The van der Waals surface area contributed by atoms with Gasteiger partial charge in [-0.2, -0.15) is 0 Å². The maximum Gasteiger partial charge on any atom is 0.341 e. The highest BCUT2D eigenvalue weighted by Crippen LogP contribution is 2.36. The Morgan fingerprint density at radius 1 is 1.16 bits per heavy atom. The Morgan fingerprint density at radius 3 is 2.63 bits per heavy atom. The molecule has 1 N–H and O–H groups in total. The molecule has 0 aliphatic heterocycles. The largest absolute Gasteiger partial charge is 0.481 e. The molecule has 12 heteroatoms. The van der Waals surface area contributed by atoms with E-state index in [-0.39, 0.29) is 18.3 Å². The van der Waals surface area contributed by atoms with Crippen LogP contribution in [-0.4, -0.2) is 39.0 Å². The van der Waals surface area contributed by atoms with Crippen LogP contribution in [0, 0.1) is 0 Å². The van der Waals surface area contributed by atoms with E-state index < -0.39 is 12.1 Å². The molecule has 198 valence electrons. The van der Waals surface area contributed by atoms with Crippen LogP contribution in [0.25, 0.3) is 11.1 Å². The van der Waals surface area contributed by atoms with Gasteiger partial charge in [-0.3, -0.25) is 4.79 Å². The number of ether oxygens (including phenoxy) is 2. The Morgan fingerprint density at radius 2 is 1.92 bits per heavy atom. The average molecular weight is 592 g/mol. The SMILES string of the molecule is CCOC(=O)c1c(-c2ccccc2)csc1NC(=O)CSc1nnc(C(C)Oc2ccc(Cl)cc2Cl)n1C. The number of hydrogen-bond acceptors (Lipinski definition) is 8. The molecule has 0 bridgehead atoms. The van der Waals surface area contributed by atoms with Gasteiger partial charge in [0.25, 0.3) is 0 Å². The third-order valence-electron chi connectivity index (χ3n) is 5.37. The zero-order valence-corrected chi connectivity index (χ0v) is 23.9. The maximum atomic E-state index is 12.8. The van der Waals surface area contributed by atoms with Crippen molar-refractivity contribution >= 4 is 63.2 Å². The fraction of sp³-hybridized carbons (Fsp3) is 0.231. The maximum absolute atomic E-state index is 12.8. The number of anilines is 1. The highest BCUT2D eigenvalue weighted by Gasteiger charge is 2.24. The Labute approximate surface area is 238 Å². The van der Waals surface area contributed by atoms with Crippen LogP contribution in [0.3, 0.4) is 0 Å². The summed E-state index contributed by atoms with van der Waals surface area (Å²) >= 11 is 14.7. The van der Waals surface area contributed by atoms with Gasteiger partial charge in [-0.05, 0) is 37.6 Å². The minimum absolute atomic E-state index is 0.0606. The zero-order valence-electron chi connectivity index (χ0n) is 20.7. The molecule has 2 aromatic heterocycles. The lowest BCUT2D eigenvalue weighted by atomic mass is 10.0. The van der Waals surface area contributed by atoms with Gasteiger partial charge < -0.3 is 19.4 Å². The zero-order chi connectivity index (χ0) is 27.2. The van der Waals surface area contributed by atoms with Gasteiger partial charge in [0.1, 0.15) is 16.3 Å². The predicted molar refractivity (Wildman–Crippen MR) is 152 cm³/mol. The van der Waals surface area contributed by atoms with E-state index in [0.717, 1.165) is 5.56 Å². The standard InChI is InChI=1S/C26H24Cl2N4O4S2/c1-4-35-25(34)22-18(16-8-6-5-7-9-16)13-37-24(22)29-21(33)14-38-26-31-30-23(32(26)3)15(2)36-20-11-10-17(27)12-19(20)28/h5-13,15H,4,14H2,1-3H3,(H,29,33). The number of aromatic nitrogens is 3. The molecule has 4 rings (SSSR count). The van der Waals surface area contributed by atoms with E-state index in [1.165, 1.54) is 23.1 Å². The number of nitrogens with zero attached hydrogens (tertiary/aromatic N) is 3. The van der Waals surface area contributed by atoms with Crippen molar-refractivity contribution in [3.05, 3.63) is 75.3 Å². The Hall–Kier alpha value is -3.05. The molecule has 0 aliphatic carbocycles. The van der Waals surface area contributed by atoms with Crippen molar-refractivity contribution in [3.8, 4) is 16.9 Å². The number of esters is 1. The van der Waals surface area contributed by atoms with Crippen molar-refractivity contribution in [2.75, 3.05) is 17.7 Å². The fourth-order valence-corrected chi connectivity index (χ4v) is 5.74. The topological polar surface area (TPSA) is 95.3 Å². The lowest BCUT2D eigenvalue weighted by Crippen LogP contribution is -2.17. The number of halogens is 2. The van der Waals surface area contributed by atoms with Crippen LogP contribution in [0.4, 0.5) is 5.00 Å². The van der Waals surface area contributed by atoms with Gasteiger partial charge in [-0.1, -0.05) is 65.3 Å². The molecule has 38 heavy (non-hydrogen) atoms. The van der Waals surface area contributed by atoms with Crippen molar-refractivity contribution < 1.29 is 19.1 Å². The van der Waals surface area contributed by atoms with E-state index in [1.54, 1.807) is 36.7 Å². The number of thioether (sulfide) groups is 1. The van der Waals surface area contributed by atoms with E-state index in [4.69, 9.17) is 32.7 Å². The first-order valence-electron chi connectivity index (χ1n) is 11.6. The number of thiophene rings is 1. The number of carbonyl (C=O) groups excluding carboxylic acids is 2. The van der Waals surface area contributed by atoms with E-state index in [2.05, 4.69) is 15.5 Å². The Kier molecular flexibility index (Phi) is 9.32. The summed E-state index contributed by atoms with van der Waals surface area (Å²) in [6, 6.07) is 14.5. The minimum Gasteiger partial charge on any atom is -0.481 e. The number of rotatable bonds is 10. The second-order valence-corrected chi connectivity index (χ2v) is 10.7. The van der Waals surface area contributed by atoms with E-state index >= 15 is 0 Å². The molecule has 0 spiro atoms. The summed E-state index contributed by atoms with van der Waals surface area (Å²) in [7, 11) is 1.79. The van der Waals surface area contributed by atoms with Crippen LogP contribution in [0.2, 0.25) is 10.0 Å². The first-order chi connectivity index (χ1) is 18.3. The second-order valence-electron chi connectivity index (χ2n) is 8.01. The molecule has 0 saturated heterocycles. The first-order valence-corrected chi connectivity index (χ1v) is 14.2. The van der Waals surface area contributed by atoms with Crippen molar-refractivity contribution in [3.63, 3.8) is 0 Å². The van der Waals surface area contributed by atoms with Gasteiger partial charge in [-0.15, -0.1) is 21.5 Å². The van der Waals surface area contributed by atoms with Crippen LogP contribution in [-0.2, 0) is 16.6 Å². The van der Waals surface area contributed by atoms with E-state index in [0.29, 0.717) is 42.9 Å². The summed E-state index contributed by atoms with van der Waals surface area (Å²) in [4.78, 5) is 25.6. The summed E-state index contributed by atoms with van der Waals surface area (Å²) in [5, 5.41) is 15.0. The number of benzene rings is 2. The first kappa shape index (κ1) is 28.0.